The number of anilines is 1. The lowest BCUT2D eigenvalue weighted by molar-refractivity contribution is -0.116. The molecule has 0 unspecified atom stereocenters. The van der Waals surface area contributed by atoms with Crippen LogP contribution in [-0.4, -0.2) is 39.8 Å². The summed E-state index contributed by atoms with van der Waals surface area (Å²) in [7, 11) is 3.21. The van der Waals surface area contributed by atoms with Gasteiger partial charge in [0.15, 0.2) is 0 Å². The van der Waals surface area contributed by atoms with Crippen molar-refractivity contribution in [3.8, 4) is 11.6 Å². The van der Waals surface area contributed by atoms with E-state index in [1.807, 2.05) is 0 Å². The number of amides is 1. The van der Waals surface area contributed by atoms with E-state index in [4.69, 9.17) is 4.74 Å². The van der Waals surface area contributed by atoms with Crippen molar-refractivity contribution in [2.24, 2.45) is 0 Å². The second-order valence-corrected chi connectivity index (χ2v) is 3.64. The number of hydrogen-bond donors (Lipinski definition) is 0. The van der Waals surface area contributed by atoms with Gasteiger partial charge in [-0.15, -0.1) is 0 Å². The van der Waals surface area contributed by atoms with E-state index in [1.54, 1.807) is 30.3 Å². The highest BCUT2D eigenvalue weighted by Crippen LogP contribution is 2.20. The van der Waals surface area contributed by atoms with Gasteiger partial charge in [-0.25, -0.2) is 9.67 Å². The Hall–Kier alpha value is -2.44. The van der Waals surface area contributed by atoms with E-state index < -0.39 is 0 Å². The molecule has 0 aliphatic carbocycles. The standard InChI is InChI=1S/C11H13N5O2/c1-8(17)15(2)9-4-14-16(6-9)10-5-12-7-13-11(10)18-3/h4-7H,1-3H3. The molecular weight excluding hydrogens is 234 g/mol. The maximum absolute atomic E-state index is 11.3. The second kappa shape index (κ2) is 4.82. The van der Waals surface area contributed by atoms with Crippen LogP contribution >= 0.6 is 0 Å². The summed E-state index contributed by atoms with van der Waals surface area (Å²) in [6.07, 6.45) is 6.29. The van der Waals surface area contributed by atoms with Crippen molar-refractivity contribution in [2.45, 2.75) is 6.92 Å². The molecule has 7 heteroatoms. The summed E-state index contributed by atoms with van der Waals surface area (Å²) in [5.41, 5.74) is 1.30. The van der Waals surface area contributed by atoms with Crippen LogP contribution in [0, 0.1) is 0 Å². The fraction of sp³-hybridized carbons (Fsp3) is 0.273. The summed E-state index contributed by atoms with van der Waals surface area (Å²) >= 11 is 0. The molecule has 1 amide bonds. The molecule has 2 aromatic heterocycles. The fourth-order valence-corrected chi connectivity index (χ4v) is 1.43. The molecule has 0 radical (unpaired) electrons. The lowest BCUT2D eigenvalue weighted by Crippen LogP contribution is -2.22. The zero-order valence-electron chi connectivity index (χ0n) is 10.4. The van der Waals surface area contributed by atoms with Gasteiger partial charge in [0.05, 0.1) is 31.4 Å². The number of rotatable bonds is 3. The number of carbonyl (C=O) groups excluding carboxylic acids is 1. The zero-order chi connectivity index (χ0) is 13.1. The van der Waals surface area contributed by atoms with Crippen molar-refractivity contribution in [3.05, 3.63) is 24.9 Å². The molecule has 0 saturated heterocycles. The first-order valence-electron chi connectivity index (χ1n) is 5.27. The lowest BCUT2D eigenvalue weighted by atomic mass is 10.4. The van der Waals surface area contributed by atoms with Crippen LogP contribution in [0.25, 0.3) is 5.69 Å². The zero-order valence-corrected chi connectivity index (χ0v) is 10.4. The van der Waals surface area contributed by atoms with Gasteiger partial charge in [0, 0.05) is 14.0 Å². The van der Waals surface area contributed by atoms with Gasteiger partial charge in [-0.05, 0) is 0 Å². The van der Waals surface area contributed by atoms with Crippen LogP contribution in [-0.2, 0) is 4.79 Å². The highest BCUT2D eigenvalue weighted by Gasteiger charge is 2.12. The third-order valence-corrected chi connectivity index (χ3v) is 2.53. The highest BCUT2D eigenvalue weighted by molar-refractivity contribution is 5.90. The minimum absolute atomic E-state index is 0.0640. The Labute approximate surface area is 104 Å². The van der Waals surface area contributed by atoms with Crippen molar-refractivity contribution < 1.29 is 9.53 Å². The normalized spacial score (nSPS) is 10.2. The topological polar surface area (TPSA) is 73.1 Å². The van der Waals surface area contributed by atoms with Crippen LogP contribution in [0.2, 0.25) is 0 Å². The first-order chi connectivity index (χ1) is 8.63. The average molecular weight is 247 g/mol. The maximum Gasteiger partial charge on any atom is 0.242 e. The minimum Gasteiger partial charge on any atom is -0.479 e. The van der Waals surface area contributed by atoms with Crippen LogP contribution < -0.4 is 9.64 Å². The smallest absolute Gasteiger partial charge is 0.242 e. The predicted octanol–water partition coefficient (Wildman–Crippen LogP) is 0.654. The van der Waals surface area contributed by atoms with E-state index in [-0.39, 0.29) is 5.91 Å². The first kappa shape index (κ1) is 12.0. The largest absolute Gasteiger partial charge is 0.479 e. The number of nitrogens with zero attached hydrogens (tertiary/aromatic N) is 5. The third-order valence-electron chi connectivity index (χ3n) is 2.53. The van der Waals surface area contributed by atoms with Crippen molar-refractivity contribution in [3.63, 3.8) is 0 Å². The highest BCUT2D eigenvalue weighted by atomic mass is 16.5. The van der Waals surface area contributed by atoms with Gasteiger partial charge >= 0.3 is 0 Å². The molecule has 0 bridgehead atoms. The Bertz CT molecular complexity index is 566. The van der Waals surface area contributed by atoms with Crippen LogP contribution in [0.1, 0.15) is 6.92 Å². The molecule has 94 valence electrons. The number of carbonyl (C=O) groups is 1. The van der Waals surface area contributed by atoms with Crippen molar-refractivity contribution in [2.75, 3.05) is 19.1 Å². The van der Waals surface area contributed by atoms with Gasteiger partial charge in [-0.3, -0.25) is 4.79 Å². The molecule has 0 aromatic carbocycles. The van der Waals surface area contributed by atoms with Crippen LogP contribution in [0.5, 0.6) is 5.88 Å². The monoisotopic (exact) mass is 247 g/mol. The van der Waals surface area contributed by atoms with E-state index in [1.165, 1.54) is 25.3 Å². The van der Waals surface area contributed by atoms with E-state index >= 15 is 0 Å². The molecule has 7 nitrogen and oxygen atoms in total. The number of ether oxygens (including phenoxy) is 1. The minimum atomic E-state index is -0.0640. The molecular formula is C11H13N5O2. The predicted molar refractivity (Wildman–Crippen MR) is 64.8 cm³/mol. The Morgan fingerprint density at radius 3 is 2.89 bits per heavy atom. The number of methoxy groups -OCH3 is 1. The molecule has 0 fully saturated rings. The van der Waals surface area contributed by atoms with Gasteiger partial charge in [0.2, 0.25) is 11.8 Å². The molecule has 2 heterocycles. The molecule has 2 aromatic rings. The van der Waals surface area contributed by atoms with Gasteiger partial charge in [0.1, 0.15) is 12.0 Å². The van der Waals surface area contributed by atoms with E-state index in [9.17, 15) is 4.79 Å². The molecule has 0 atom stereocenters. The number of hydrogen-bond acceptors (Lipinski definition) is 5. The Morgan fingerprint density at radius 2 is 2.22 bits per heavy atom. The summed E-state index contributed by atoms with van der Waals surface area (Å²) < 4.78 is 6.69. The molecule has 0 aliphatic rings. The van der Waals surface area contributed by atoms with E-state index in [2.05, 4.69) is 15.1 Å². The summed E-state index contributed by atoms with van der Waals surface area (Å²) in [5, 5.41) is 4.16. The summed E-state index contributed by atoms with van der Waals surface area (Å²) in [5.74, 6) is 0.357. The van der Waals surface area contributed by atoms with Gasteiger partial charge in [0.25, 0.3) is 0 Å². The number of aromatic nitrogens is 4. The lowest BCUT2D eigenvalue weighted by Gasteiger charge is -2.11. The Morgan fingerprint density at radius 1 is 1.44 bits per heavy atom. The van der Waals surface area contributed by atoms with Gasteiger partial charge in [-0.1, -0.05) is 0 Å². The molecule has 0 N–H and O–H groups in total. The van der Waals surface area contributed by atoms with Crippen LogP contribution in [0.15, 0.2) is 24.9 Å². The average Bonchev–Trinajstić information content (AvgIpc) is 2.87. The van der Waals surface area contributed by atoms with Crippen LogP contribution in [0.4, 0.5) is 5.69 Å². The molecule has 0 saturated carbocycles. The van der Waals surface area contributed by atoms with Gasteiger partial charge in [-0.2, -0.15) is 10.1 Å². The third kappa shape index (κ3) is 2.15. The second-order valence-electron chi connectivity index (χ2n) is 3.64. The van der Waals surface area contributed by atoms with Crippen LogP contribution in [0.3, 0.4) is 0 Å². The Kier molecular flexibility index (Phi) is 3.22. The van der Waals surface area contributed by atoms with Crippen molar-refractivity contribution in [1.82, 2.24) is 19.7 Å². The molecule has 0 aliphatic heterocycles. The molecule has 18 heavy (non-hydrogen) atoms. The summed E-state index contributed by atoms with van der Waals surface area (Å²) in [4.78, 5) is 20.7. The summed E-state index contributed by atoms with van der Waals surface area (Å²) in [6.45, 7) is 1.49. The quantitative estimate of drug-likeness (QED) is 0.796. The molecule has 0 spiro atoms. The first-order valence-corrected chi connectivity index (χ1v) is 5.27. The van der Waals surface area contributed by atoms with E-state index in [0.717, 1.165) is 0 Å². The summed E-state index contributed by atoms with van der Waals surface area (Å²) in [6, 6.07) is 0. The molecule has 2 rings (SSSR count). The van der Waals surface area contributed by atoms with Crippen molar-refractivity contribution in [1.29, 1.82) is 0 Å². The fourth-order valence-electron chi connectivity index (χ4n) is 1.43. The van der Waals surface area contributed by atoms with Gasteiger partial charge < -0.3 is 9.64 Å². The van der Waals surface area contributed by atoms with Crippen molar-refractivity contribution >= 4 is 11.6 Å². The SMILES string of the molecule is COc1ncncc1-n1cc(N(C)C(C)=O)cn1. The maximum atomic E-state index is 11.3. The van der Waals surface area contributed by atoms with E-state index in [0.29, 0.717) is 17.3 Å². The Balaban J connectivity index is 2.38.